The number of rotatable bonds is 6. The van der Waals surface area contributed by atoms with Crippen LogP contribution in [0.1, 0.15) is 18.1 Å². The lowest BCUT2D eigenvalue weighted by Gasteiger charge is -2.29. The van der Waals surface area contributed by atoms with Gasteiger partial charge in [0.25, 0.3) is 0 Å². The van der Waals surface area contributed by atoms with Gasteiger partial charge in [0, 0.05) is 5.02 Å². The van der Waals surface area contributed by atoms with E-state index in [1.165, 1.54) is 20.1 Å². The number of carbonyl (C=O) groups is 1. The van der Waals surface area contributed by atoms with Crippen molar-refractivity contribution in [2.45, 2.75) is 26.8 Å². The predicted octanol–water partition coefficient (Wildman–Crippen LogP) is 3.76. The van der Waals surface area contributed by atoms with Crippen molar-refractivity contribution in [2.75, 3.05) is 23.0 Å². The molecule has 0 heterocycles. The van der Waals surface area contributed by atoms with E-state index in [2.05, 4.69) is 5.32 Å². The largest absolute Gasteiger partial charge is 0.495 e. The number of aryl methyl sites for hydroxylation is 2. The summed E-state index contributed by atoms with van der Waals surface area (Å²) in [7, 11) is -2.23. The second-order valence-corrected chi connectivity index (χ2v) is 8.65. The van der Waals surface area contributed by atoms with Gasteiger partial charge in [0.2, 0.25) is 15.9 Å². The first-order chi connectivity index (χ1) is 12.5. The van der Waals surface area contributed by atoms with Crippen molar-refractivity contribution in [1.29, 1.82) is 0 Å². The molecule has 0 aliphatic heterocycles. The maximum atomic E-state index is 12.8. The first-order valence-electron chi connectivity index (χ1n) is 8.25. The minimum absolute atomic E-state index is 0.365. The van der Waals surface area contributed by atoms with E-state index in [4.69, 9.17) is 16.3 Å². The molecule has 8 heteroatoms. The minimum atomic E-state index is -3.74. The average molecular weight is 411 g/mol. The molecule has 1 amide bonds. The zero-order valence-corrected chi connectivity index (χ0v) is 17.5. The Morgan fingerprint density at radius 2 is 1.85 bits per heavy atom. The van der Waals surface area contributed by atoms with E-state index in [-0.39, 0.29) is 0 Å². The van der Waals surface area contributed by atoms with Crippen molar-refractivity contribution in [3.8, 4) is 5.75 Å². The Hall–Kier alpha value is -2.25. The quantitative estimate of drug-likeness (QED) is 0.786. The molecule has 0 radical (unpaired) electrons. The van der Waals surface area contributed by atoms with Crippen LogP contribution in [0.15, 0.2) is 36.4 Å². The highest BCUT2D eigenvalue weighted by Gasteiger charge is 2.30. The number of nitrogens with zero attached hydrogens (tertiary/aromatic N) is 1. The van der Waals surface area contributed by atoms with Gasteiger partial charge in [-0.2, -0.15) is 0 Å². The van der Waals surface area contributed by atoms with Crippen LogP contribution < -0.4 is 14.4 Å². The SMILES string of the molecule is COc1ccc(C)cc1NC(=O)[C@H](C)N(c1cc(Cl)ccc1C)S(C)(=O)=O. The van der Waals surface area contributed by atoms with Gasteiger partial charge in [-0.1, -0.05) is 23.7 Å². The number of halogens is 1. The van der Waals surface area contributed by atoms with E-state index >= 15 is 0 Å². The van der Waals surface area contributed by atoms with Crippen LogP contribution in [0.2, 0.25) is 5.02 Å². The molecule has 2 aromatic rings. The number of methoxy groups -OCH3 is 1. The van der Waals surface area contributed by atoms with Crippen LogP contribution in [-0.2, 0) is 14.8 Å². The molecule has 0 aliphatic rings. The molecule has 1 atom stereocenters. The Labute approximate surface area is 165 Å². The van der Waals surface area contributed by atoms with Crippen LogP contribution in [0.5, 0.6) is 5.75 Å². The molecule has 0 spiro atoms. The maximum Gasteiger partial charge on any atom is 0.248 e. The highest BCUT2D eigenvalue weighted by Crippen LogP contribution is 2.30. The molecule has 1 N–H and O–H groups in total. The Bertz CT molecular complexity index is 960. The van der Waals surface area contributed by atoms with Gasteiger partial charge in [-0.3, -0.25) is 9.10 Å². The third-order valence-electron chi connectivity index (χ3n) is 4.11. The Morgan fingerprint density at radius 1 is 1.19 bits per heavy atom. The molecular weight excluding hydrogens is 388 g/mol. The summed E-state index contributed by atoms with van der Waals surface area (Å²) in [5, 5.41) is 3.14. The Balaban J connectivity index is 2.42. The summed E-state index contributed by atoms with van der Waals surface area (Å²) < 4.78 is 31.2. The van der Waals surface area contributed by atoms with Gasteiger partial charge in [-0.05, 0) is 56.2 Å². The average Bonchev–Trinajstić information content (AvgIpc) is 2.57. The van der Waals surface area contributed by atoms with E-state index in [0.29, 0.717) is 27.7 Å². The van der Waals surface area contributed by atoms with Gasteiger partial charge >= 0.3 is 0 Å². The standard InChI is InChI=1S/C19H23ClN2O4S/c1-12-6-9-18(26-4)16(10-12)21-19(23)14(3)22(27(5,24)25)17-11-15(20)8-7-13(17)2/h6-11,14H,1-5H3,(H,21,23)/t14-/m0/s1. The lowest BCUT2D eigenvalue weighted by molar-refractivity contribution is -0.116. The van der Waals surface area contributed by atoms with E-state index in [9.17, 15) is 13.2 Å². The first-order valence-corrected chi connectivity index (χ1v) is 10.5. The second-order valence-electron chi connectivity index (χ2n) is 6.36. The molecule has 0 saturated heterocycles. The van der Waals surface area contributed by atoms with Gasteiger partial charge in [-0.25, -0.2) is 8.42 Å². The Morgan fingerprint density at radius 3 is 2.44 bits per heavy atom. The lowest BCUT2D eigenvalue weighted by atomic mass is 10.1. The molecule has 0 fully saturated rings. The van der Waals surface area contributed by atoms with Crippen molar-refractivity contribution in [2.24, 2.45) is 0 Å². The van der Waals surface area contributed by atoms with Crippen molar-refractivity contribution in [1.82, 2.24) is 0 Å². The summed E-state index contributed by atoms with van der Waals surface area (Å²) in [6, 6.07) is 9.28. The summed E-state index contributed by atoms with van der Waals surface area (Å²) in [6.45, 7) is 5.17. The van der Waals surface area contributed by atoms with Crippen LogP contribution in [0.25, 0.3) is 0 Å². The van der Waals surface area contributed by atoms with Crippen LogP contribution >= 0.6 is 11.6 Å². The molecule has 0 saturated carbocycles. The van der Waals surface area contributed by atoms with Crippen LogP contribution in [0.3, 0.4) is 0 Å². The number of nitrogens with one attached hydrogen (secondary N) is 1. The highest BCUT2D eigenvalue weighted by atomic mass is 35.5. The van der Waals surface area contributed by atoms with E-state index in [0.717, 1.165) is 16.1 Å². The molecule has 146 valence electrons. The van der Waals surface area contributed by atoms with Gasteiger partial charge in [0.15, 0.2) is 0 Å². The van der Waals surface area contributed by atoms with E-state index < -0.39 is 22.0 Å². The van der Waals surface area contributed by atoms with Crippen molar-refractivity contribution < 1.29 is 17.9 Å². The number of amides is 1. The number of benzene rings is 2. The number of carbonyl (C=O) groups excluding carboxylic acids is 1. The van der Waals surface area contributed by atoms with Gasteiger partial charge < -0.3 is 10.1 Å². The zero-order valence-electron chi connectivity index (χ0n) is 15.9. The molecule has 0 aromatic heterocycles. The molecule has 27 heavy (non-hydrogen) atoms. The summed E-state index contributed by atoms with van der Waals surface area (Å²) in [5.41, 5.74) is 2.47. The normalized spacial score (nSPS) is 12.4. The summed E-state index contributed by atoms with van der Waals surface area (Å²) in [4.78, 5) is 12.8. The molecule has 0 aliphatic carbocycles. The highest BCUT2D eigenvalue weighted by molar-refractivity contribution is 7.92. The fourth-order valence-electron chi connectivity index (χ4n) is 2.76. The topological polar surface area (TPSA) is 75.7 Å². The van der Waals surface area contributed by atoms with Crippen LogP contribution in [0.4, 0.5) is 11.4 Å². The monoisotopic (exact) mass is 410 g/mol. The summed E-state index contributed by atoms with van der Waals surface area (Å²) >= 11 is 6.04. The van der Waals surface area contributed by atoms with Crippen LogP contribution in [-0.4, -0.2) is 33.7 Å². The third kappa shape index (κ3) is 4.93. The van der Waals surface area contributed by atoms with E-state index in [1.807, 2.05) is 13.0 Å². The van der Waals surface area contributed by atoms with Gasteiger partial charge in [-0.15, -0.1) is 0 Å². The van der Waals surface area contributed by atoms with Crippen molar-refractivity contribution >= 4 is 38.9 Å². The molecule has 0 bridgehead atoms. The number of ether oxygens (including phenoxy) is 1. The van der Waals surface area contributed by atoms with E-state index in [1.54, 1.807) is 31.2 Å². The van der Waals surface area contributed by atoms with Crippen molar-refractivity contribution in [3.63, 3.8) is 0 Å². The number of sulfonamides is 1. The predicted molar refractivity (Wildman–Crippen MR) is 109 cm³/mol. The molecule has 2 rings (SSSR count). The number of anilines is 2. The summed E-state index contributed by atoms with van der Waals surface area (Å²) in [5.74, 6) is 0.00897. The lowest BCUT2D eigenvalue weighted by Crippen LogP contribution is -2.45. The summed E-state index contributed by atoms with van der Waals surface area (Å²) in [6.07, 6.45) is 1.06. The maximum absolute atomic E-state index is 12.8. The fraction of sp³-hybridized carbons (Fsp3) is 0.316. The van der Waals surface area contributed by atoms with Gasteiger partial charge in [0.05, 0.1) is 24.7 Å². The number of hydrogen-bond acceptors (Lipinski definition) is 4. The van der Waals surface area contributed by atoms with Gasteiger partial charge in [0.1, 0.15) is 11.8 Å². The smallest absolute Gasteiger partial charge is 0.248 e. The third-order valence-corrected chi connectivity index (χ3v) is 5.57. The van der Waals surface area contributed by atoms with Crippen molar-refractivity contribution in [3.05, 3.63) is 52.5 Å². The Kier molecular flexibility index (Phi) is 6.38. The second kappa shape index (κ2) is 8.19. The van der Waals surface area contributed by atoms with Crippen LogP contribution in [0, 0.1) is 13.8 Å². The first kappa shape index (κ1) is 21.1. The fourth-order valence-corrected chi connectivity index (χ4v) is 4.15. The molecule has 0 unspecified atom stereocenters. The number of hydrogen-bond donors (Lipinski definition) is 1. The molecular formula is C19H23ClN2O4S. The minimum Gasteiger partial charge on any atom is -0.495 e. The zero-order chi connectivity index (χ0) is 20.4. The molecule has 6 nitrogen and oxygen atoms in total. The molecule has 2 aromatic carbocycles.